The number of carbonyl (C=O) groups excluding carboxylic acids is 1. The molecule has 134 valence electrons. The van der Waals surface area contributed by atoms with Crippen LogP contribution in [-0.2, 0) is 11.3 Å². The molecule has 0 bridgehead atoms. The second-order valence-electron chi connectivity index (χ2n) is 6.26. The number of likely N-dealkylation sites (N-methyl/N-ethyl adjacent to an activating group) is 1. The van der Waals surface area contributed by atoms with Crippen LogP contribution in [0.25, 0.3) is 10.9 Å². The predicted octanol–water partition coefficient (Wildman–Crippen LogP) is 1.21. The lowest BCUT2D eigenvalue weighted by molar-refractivity contribution is -0.122. The van der Waals surface area contributed by atoms with Crippen molar-refractivity contribution in [3.05, 3.63) is 70.5 Å². The molecule has 0 aliphatic heterocycles. The lowest BCUT2D eigenvalue weighted by Crippen LogP contribution is -2.38. The van der Waals surface area contributed by atoms with Gasteiger partial charge in [0.05, 0.1) is 11.4 Å². The zero-order valence-corrected chi connectivity index (χ0v) is 14.8. The third kappa shape index (κ3) is 3.94. The van der Waals surface area contributed by atoms with Crippen molar-refractivity contribution >= 4 is 16.8 Å². The van der Waals surface area contributed by atoms with Gasteiger partial charge < -0.3 is 10.2 Å². The highest BCUT2D eigenvalue weighted by atomic mass is 16.2. The molecule has 0 spiro atoms. The molecule has 3 aromatic rings. The average molecular weight is 351 g/mol. The number of hydrogen-bond acceptors (Lipinski definition) is 5. The minimum Gasteiger partial charge on any atom is -0.353 e. The molecule has 0 fully saturated rings. The van der Waals surface area contributed by atoms with Crippen LogP contribution < -0.4 is 10.9 Å². The van der Waals surface area contributed by atoms with Crippen molar-refractivity contribution in [1.82, 2.24) is 25.2 Å². The molecule has 1 unspecified atom stereocenters. The average Bonchev–Trinajstić information content (AvgIpc) is 2.65. The summed E-state index contributed by atoms with van der Waals surface area (Å²) in [7, 11) is 3.92. The van der Waals surface area contributed by atoms with E-state index in [9.17, 15) is 9.59 Å². The first-order chi connectivity index (χ1) is 12.6. The molecule has 0 radical (unpaired) electrons. The number of nitrogens with zero attached hydrogens (tertiary/aromatic N) is 4. The molecule has 7 nitrogen and oxygen atoms in total. The lowest BCUT2D eigenvalue weighted by atomic mass is 10.1. The Balaban J connectivity index is 1.69. The number of rotatable bonds is 6. The van der Waals surface area contributed by atoms with Crippen LogP contribution in [0.15, 0.2) is 59.4 Å². The molecule has 26 heavy (non-hydrogen) atoms. The van der Waals surface area contributed by atoms with Gasteiger partial charge in [-0.15, -0.1) is 5.10 Å². The van der Waals surface area contributed by atoms with Crippen LogP contribution in [0, 0.1) is 0 Å². The van der Waals surface area contributed by atoms with Gasteiger partial charge in [-0.05, 0) is 31.8 Å². The first-order valence-corrected chi connectivity index (χ1v) is 8.37. The molecule has 1 aromatic heterocycles. The van der Waals surface area contributed by atoms with Crippen molar-refractivity contribution in [2.75, 3.05) is 20.6 Å². The first-order valence-electron chi connectivity index (χ1n) is 8.37. The Kier molecular flexibility index (Phi) is 5.38. The zero-order chi connectivity index (χ0) is 18.5. The van der Waals surface area contributed by atoms with E-state index in [-0.39, 0.29) is 24.1 Å². The Hall–Kier alpha value is -3.06. The maximum Gasteiger partial charge on any atom is 0.278 e. The number of benzene rings is 2. The summed E-state index contributed by atoms with van der Waals surface area (Å²) in [5.41, 5.74) is 1.31. The van der Waals surface area contributed by atoms with E-state index in [4.69, 9.17) is 0 Å². The van der Waals surface area contributed by atoms with Crippen LogP contribution in [0.3, 0.4) is 0 Å². The molecule has 1 amide bonds. The summed E-state index contributed by atoms with van der Waals surface area (Å²) >= 11 is 0. The van der Waals surface area contributed by atoms with Crippen molar-refractivity contribution in [2.24, 2.45) is 0 Å². The van der Waals surface area contributed by atoms with Gasteiger partial charge in [0, 0.05) is 6.54 Å². The molecule has 0 saturated carbocycles. The van der Waals surface area contributed by atoms with E-state index in [2.05, 4.69) is 15.6 Å². The second kappa shape index (κ2) is 7.88. The number of amides is 1. The maximum atomic E-state index is 12.4. The topological polar surface area (TPSA) is 80.1 Å². The van der Waals surface area contributed by atoms with Crippen molar-refractivity contribution < 1.29 is 4.79 Å². The lowest BCUT2D eigenvalue weighted by Gasteiger charge is -2.25. The van der Waals surface area contributed by atoms with E-state index < -0.39 is 0 Å². The number of nitrogens with one attached hydrogen (secondary N) is 1. The van der Waals surface area contributed by atoms with E-state index in [0.29, 0.717) is 17.4 Å². The van der Waals surface area contributed by atoms with Crippen LogP contribution in [0.5, 0.6) is 0 Å². The zero-order valence-electron chi connectivity index (χ0n) is 14.8. The van der Waals surface area contributed by atoms with Gasteiger partial charge >= 0.3 is 0 Å². The highest BCUT2D eigenvalue weighted by Gasteiger charge is 2.16. The van der Waals surface area contributed by atoms with E-state index in [0.717, 1.165) is 10.2 Å². The molecule has 0 aliphatic rings. The fourth-order valence-electron chi connectivity index (χ4n) is 2.80. The van der Waals surface area contributed by atoms with Crippen LogP contribution in [-0.4, -0.2) is 46.4 Å². The Labute approximate surface area is 151 Å². The van der Waals surface area contributed by atoms with E-state index in [1.165, 1.54) is 0 Å². The minimum atomic E-state index is -0.321. The first kappa shape index (κ1) is 17.8. The second-order valence-corrected chi connectivity index (χ2v) is 6.26. The van der Waals surface area contributed by atoms with Crippen LogP contribution >= 0.6 is 0 Å². The summed E-state index contributed by atoms with van der Waals surface area (Å²) < 4.78 is 1.09. The van der Waals surface area contributed by atoms with Gasteiger partial charge in [-0.2, -0.15) is 0 Å². The normalized spacial score (nSPS) is 12.3. The van der Waals surface area contributed by atoms with Gasteiger partial charge in [0.25, 0.3) is 5.56 Å². The summed E-state index contributed by atoms with van der Waals surface area (Å²) in [6.45, 7) is 0.275. The highest BCUT2D eigenvalue weighted by Crippen LogP contribution is 2.16. The SMILES string of the molecule is CN(C)C(CNC(=O)Cn1nnc2ccccc2c1=O)c1ccccc1. The molecule has 3 rings (SSSR count). The van der Waals surface area contributed by atoms with Crippen LogP contribution in [0.1, 0.15) is 11.6 Å². The van der Waals surface area contributed by atoms with E-state index in [1.54, 1.807) is 24.3 Å². The predicted molar refractivity (Wildman–Crippen MR) is 99.7 cm³/mol. The molecule has 1 atom stereocenters. The molecule has 7 heteroatoms. The molecule has 1 heterocycles. The molecule has 0 saturated heterocycles. The van der Waals surface area contributed by atoms with Gasteiger partial charge in [0.15, 0.2) is 0 Å². The van der Waals surface area contributed by atoms with Crippen molar-refractivity contribution in [2.45, 2.75) is 12.6 Å². The Morgan fingerprint density at radius 2 is 1.81 bits per heavy atom. The van der Waals surface area contributed by atoms with Crippen molar-refractivity contribution in [1.29, 1.82) is 0 Å². The van der Waals surface area contributed by atoms with Crippen LogP contribution in [0.2, 0.25) is 0 Å². The van der Waals surface area contributed by atoms with Gasteiger partial charge in [-0.1, -0.05) is 47.7 Å². The standard InChI is InChI=1S/C19H21N5O2/c1-23(2)17(14-8-4-3-5-9-14)12-20-18(25)13-24-19(26)15-10-6-7-11-16(15)21-22-24/h3-11,17H,12-13H2,1-2H3,(H,20,25). The van der Waals surface area contributed by atoms with E-state index >= 15 is 0 Å². The smallest absolute Gasteiger partial charge is 0.278 e. The van der Waals surface area contributed by atoms with Gasteiger partial charge in [-0.3, -0.25) is 9.59 Å². The number of hydrogen-bond donors (Lipinski definition) is 1. The molecular weight excluding hydrogens is 330 g/mol. The minimum absolute atomic E-state index is 0.0413. The summed E-state index contributed by atoms with van der Waals surface area (Å²) in [5.74, 6) is -0.278. The molecule has 1 N–H and O–H groups in total. The van der Waals surface area contributed by atoms with Crippen molar-refractivity contribution in [3.8, 4) is 0 Å². The molecular formula is C19H21N5O2. The quantitative estimate of drug-likeness (QED) is 0.722. The number of aromatic nitrogens is 3. The highest BCUT2D eigenvalue weighted by molar-refractivity contribution is 5.78. The fraction of sp³-hybridized carbons (Fsp3) is 0.263. The fourth-order valence-corrected chi connectivity index (χ4v) is 2.80. The molecule has 0 aliphatic carbocycles. The summed E-state index contributed by atoms with van der Waals surface area (Å²) in [4.78, 5) is 26.7. The third-order valence-electron chi connectivity index (χ3n) is 4.22. The van der Waals surface area contributed by atoms with Gasteiger partial charge in [0.2, 0.25) is 5.91 Å². The van der Waals surface area contributed by atoms with Gasteiger partial charge in [-0.25, -0.2) is 4.68 Å². The number of carbonyl (C=O) groups is 1. The van der Waals surface area contributed by atoms with Crippen molar-refractivity contribution in [3.63, 3.8) is 0 Å². The third-order valence-corrected chi connectivity index (χ3v) is 4.22. The maximum absolute atomic E-state index is 12.4. The van der Waals surface area contributed by atoms with Crippen LogP contribution in [0.4, 0.5) is 0 Å². The summed E-state index contributed by atoms with van der Waals surface area (Å²) in [6, 6.07) is 16.9. The Morgan fingerprint density at radius 3 is 2.54 bits per heavy atom. The summed E-state index contributed by atoms with van der Waals surface area (Å²) in [6.07, 6.45) is 0. The molecule has 2 aromatic carbocycles. The largest absolute Gasteiger partial charge is 0.353 e. The monoisotopic (exact) mass is 351 g/mol. The number of fused-ring (bicyclic) bond motifs is 1. The van der Waals surface area contributed by atoms with E-state index in [1.807, 2.05) is 49.3 Å². The van der Waals surface area contributed by atoms with Gasteiger partial charge in [0.1, 0.15) is 12.1 Å². The summed E-state index contributed by atoms with van der Waals surface area (Å²) in [5, 5.41) is 11.2. The Bertz CT molecular complexity index is 953. The Morgan fingerprint density at radius 1 is 1.12 bits per heavy atom.